The Hall–Kier alpha value is -6.44. The van der Waals surface area contributed by atoms with E-state index in [9.17, 15) is 0 Å². The van der Waals surface area contributed by atoms with Gasteiger partial charge in [-0.25, -0.2) is 0 Å². The second-order valence-corrected chi connectivity index (χ2v) is 14.6. The minimum absolute atomic E-state index is 1.14. The van der Waals surface area contributed by atoms with Crippen molar-refractivity contribution in [1.82, 2.24) is 0 Å². The Labute approximate surface area is 327 Å². The van der Waals surface area contributed by atoms with E-state index in [0.717, 1.165) is 23.4 Å². The molecule has 0 saturated carbocycles. The van der Waals surface area contributed by atoms with Gasteiger partial charge in [0.05, 0.1) is 0 Å². The van der Waals surface area contributed by atoms with Crippen LogP contribution in [0.25, 0.3) is 23.3 Å². The van der Waals surface area contributed by atoms with Crippen molar-refractivity contribution < 1.29 is 0 Å². The number of benzene rings is 7. The van der Waals surface area contributed by atoms with Gasteiger partial charge in [-0.3, -0.25) is 0 Å². The summed E-state index contributed by atoms with van der Waals surface area (Å²) in [6, 6.07) is 64.0. The van der Waals surface area contributed by atoms with Crippen LogP contribution in [0.2, 0.25) is 0 Å². The summed E-state index contributed by atoms with van der Waals surface area (Å²) in [5.74, 6) is 0. The van der Waals surface area contributed by atoms with E-state index in [1.54, 1.807) is 0 Å². The van der Waals surface area contributed by atoms with Crippen LogP contribution >= 0.6 is 0 Å². The van der Waals surface area contributed by atoms with Crippen molar-refractivity contribution >= 4 is 40.4 Å². The van der Waals surface area contributed by atoms with Gasteiger partial charge in [0.15, 0.2) is 0 Å². The van der Waals surface area contributed by atoms with Crippen LogP contribution in [-0.4, -0.2) is 0 Å². The number of hydrogen-bond acceptors (Lipinski definition) is 1. The fourth-order valence-corrected chi connectivity index (χ4v) is 7.61. The third kappa shape index (κ3) is 8.53. The zero-order chi connectivity index (χ0) is 37.4. The maximum atomic E-state index is 2.42. The molecule has 0 saturated heterocycles. The molecule has 0 heterocycles. The molecule has 0 aromatic heterocycles. The van der Waals surface area contributed by atoms with Gasteiger partial charge < -0.3 is 4.90 Å². The summed E-state index contributed by atoms with van der Waals surface area (Å²) < 4.78 is 0. The smallest absolute Gasteiger partial charge is 0.0467 e. The quantitative estimate of drug-likeness (QED) is 0.101. The predicted octanol–water partition coefficient (Wildman–Crippen LogP) is 14.4. The lowest BCUT2D eigenvalue weighted by Gasteiger charge is -2.28. The lowest BCUT2D eigenvalue weighted by Crippen LogP contribution is -2.12. The summed E-state index contributed by atoms with van der Waals surface area (Å²) in [6.45, 7) is 4.28. The first-order valence-corrected chi connectivity index (χ1v) is 19.5. The van der Waals surface area contributed by atoms with Crippen molar-refractivity contribution in [2.24, 2.45) is 0 Å². The summed E-state index contributed by atoms with van der Waals surface area (Å²) in [4.78, 5) is 2.41. The Morgan fingerprint density at radius 3 is 1.60 bits per heavy atom. The Bertz CT molecular complexity index is 2360. The van der Waals surface area contributed by atoms with E-state index in [1.165, 1.54) is 86.2 Å². The topological polar surface area (TPSA) is 3.24 Å². The monoisotopic (exact) mass is 709 g/mol. The molecule has 1 aliphatic carbocycles. The summed E-state index contributed by atoms with van der Waals surface area (Å²) >= 11 is 0. The van der Waals surface area contributed by atoms with Gasteiger partial charge in [-0.05, 0) is 138 Å². The molecule has 8 rings (SSSR count). The van der Waals surface area contributed by atoms with E-state index in [0.29, 0.717) is 0 Å². The highest BCUT2D eigenvalue weighted by Crippen LogP contribution is 2.38. The minimum atomic E-state index is 1.14. The number of fused-ring (bicyclic) bond motifs is 1. The summed E-state index contributed by atoms with van der Waals surface area (Å²) in [5, 5.41) is 0. The minimum Gasteiger partial charge on any atom is -0.310 e. The molecule has 0 fully saturated rings. The molecular formula is C54H47N. The molecule has 1 aliphatic rings. The lowest BCUT2D eigenvalue weighted by atomic mass is 9.91. The first-order valence-electron chi connectivity index (χ1n) is 19.5. The van der Waals surface area contributed by atoms with E-state index in [1.807, 2.05) is 0 Å². The molecule has 1 nitrogen and oxygen atoms in total. The highest BCUT2D eigenvalue weighted by molar-refractivity contribution is 5.92. The van der Waals surface area contributed by atoms with Crippen LogP contribution in [-0.2, 0) is 12.8 Å². The standard InChI is InChI=1S/C54H47N/c1-40-23-29-47(30-24-40)54(48-31-25-41(2)26-32-48)38-43-27-34-50(35-28-43)55(52-36-33-44-15-9-10-20-49(44)39-52)51-21-11-13-42(37-51)14-12-22-53(45-16-5-3-6-17-45)46-18-7-4-8-19-46/h3-8,11-14,16-19,21-39H,9-10,15,20H2,1-2H3/b14-12+. The van der Waals surface area contributed by atoms with Crippen LogP contribution in [0.1, 0.15) is 68.5 Å². The molecule has 0 amide bonds. The van der Waals surface area contributed by atoms with Crippen molar-refractivity contribution in [2.45, 2.75) is 39.5 Å². The van der Waals surface area contributed by atoms with Gasteiger partial charge in [0, 0.05) is 17.1 Å². The van der Waals surface area contributed by atoms with Crippen LogP contribution in [0.5, 0.6) is 0 Å². The van der Waals surface area contributed by atoms with Gasteiger partial charge in [0.2, 0.25) is 0 Å². The molecule has 268 valence electrons. The first-order chi connectivity index (χ1) is 27.1. The molecule has 0 radical (unpaired) electrons. The van der Waals surface area contributed by atoms with Crippen LogP contribution in [0.3, 0.4) is 0 Å². The molecule has 0 spiro atoms. The molecular weight excluding hydrogens is 663 g/mol. The number of hydrogen-bond donors (Lipinski definition) is 0. The van der Waals surface area contributed by atoms with Gasteiger partial charge in [-0.2, -0.15) is 0 Å². The van der Waals surface area contributed by atoms with E-state index >= 15 is 0 Å². The highest BCUT2D eigenvalue weighted by atomic mass is 15.1. The van der Waals surface area contributed by atoms with Crippen molar-refractivity contribution in [3.63, 3.8) is 0 Å². The third-order valence-electron chi connectivity index (χ3n) is 10.6. The summed E-state index contributed by atoms with van der Waals surface area (Å²) in [6.07, 6.45) is 13.8. The molecule has 0 bridgehead atoms. The largest absolute Gasteiger partial charge is 0.310 e. The van der Waals surface area contributed by atoms with Crippen LogP contribution < -0.4 is 4.90 Å². The average molecular weight is 710 g/mol. The fourth-order valence-electron chi connectivity index (χ4n) is 7.61. The zero-order valence-electron chi connectivity index (χ0n) is 31.8. The molecule has 0 aliphatic heterocycles. The predicted molar refractivity (Wildman–Crippen MR) is 236 cm³/mol. The lowest BCUT2D eigenvalue weighted by molar-refractivity contribution is 0.685. The number of aryl methyl sites for hydroxylation is 4. The molecule has 7 aromatic rings. The molecule has 0 atom stereocenters. The highest BCUT2D eigenvalue weighted by Gasteiger charge is 2.17. The Morgan fingerprint density at radius 2 is 0.982 bits per heavy atom. The Kier molecular flexibility index (Phi) is 10.8. The Balaban J connectivity index is 1.16. The number of nitrogens with zero attached hydrogens (tertiary/aromatic N) is 1. The number of rotatable bonds is 10. The van der Waals surface area contributed by atoms with Gasteiger partial charge in [-0.15, -0.1) is 0 Å². The SMILES string of the molecule is Cc1ccc(C(=Cc2ccc(N(c3cccc(/C=C/C=C(c4ccccc4)c4ccccc4)c3)c3ccc4c(c3)CCCC4)cc2)c2ccc(C)cc2)cc1. The second kappa shape index (κ2) is 16.7. The van der Waals surface area contributed by atoms with Gasteiger partial charge in [0.25, 0.3) is 0 Å². The normalized spacial score (nSPS) is 12.2. The van der Waals surface area contributed by atoms with Crippen LogP contribution in [0, 0.1) is 13.8 Å². The Morgan fingerprint density at radius 1 is 0.436 bits per heavy atom. The maximum absolute atomic E-state index is 2.42. The fraction of sp³-hybridized carbons (Fsp3) is 0.111. The average Bonchev–Trinajstić information content (AvgIpc) is 3.24. The third-order valence-corrected chi connectivity index (χ3v) is 10.6. The van der Waals surface area contributed by atoms with Crippen LogP contribution in [0.4, 0.5) is 17.1 Å². The van der Waals surface area contributed by atoms with E-state index in [2.05, 4.69) is 219 Å². The van der Waals surface area contributed by atoms with Gasteiger partial charge >= 0.3 is 0 Å². The number of allylic oxidation sites excluding steroid dienone is 2. The summed E-state index contributed by atoms with van der Waals surface area (Å²) in [7, 11) is 0. The molecule has 1 heteroatoms. The molecule has 0 N–H and O–H groups in total. The second-order valence-electron chi connectivity index (χ2n) is 14.6. The van der Waals surface area contributed by atoms with Gasteiger partial charge in [0.1, 0.15) is 0 Å². The molecule has 55 heavy (non-hydrogen) atoms. The van der Waals surface area contributed by atoms with E-state index < -0.39 is 0 Å². The van der Waals surface area contributed by atoms with Crippen molar-refractivity contribution in [2.75, 3.05) is 4.90 Å². The van der Waals surface area contributed by atoms with Crippen molar-refractivity contribution in [3.05, 3.63) is 244 Å². The first kappa shape index (κ1) is 35.6. The molecule has 0 unspecified atom stereocenters. The zero-order valence-corrected chi connectivity index (χ0v) is 31.8. The van der Waals surface area contributed by atoms with E-state index in [4.69, 9.17) is 0 Å². The number of anilines is 3. The summed E-state index contributed by atoms with van der Waals surface area (Å²) in [5.41, 5.74) is 18.5. The van der Waals surface area contributed by atoms with E-state index in [-0.39, 0.29) is 0 Å². The van der Waals surface area contributed by atoms with Crippen molar-refractivity contribution in [1.29, 1.82) is 0 Å². The molecule has 7 aromatic carbocycles. The van der Waals surface area contributed by atoms with Crippen LogP contribution in [0.15, 0.2) is 188 Å². The maximum Gasteiger partial charge on any atom is 0.0467 e. The van der Waals surface area contributed by atoms with Crippen molar-refractivity contribution in [3.8, 4) is 0 Å². The van der Waals surface area contributed by atoms with Gasteiger partial charge in [-0.1, -0.05) is 169 Å².